The Kier molecular flexibility index (Phi) is 6.00. The summed E-state index contributed by atoms with van der Waals surface area (Å²) >= 11 is 1.41. The lowest BCUT2D eigenvalue weighted by molar-refractivity contribution is -0.115. The zero-order valence-corrected chi connectivity index (χ0v) is 19.2. The van der Waals surface area contributed by atoms with Gasteiger partial charge in [-0.3, -0.25) is 9.59 Å². The van der Waals surface area contributed by atoms with Crippen LogP contribution in [0.4, 0.5) is 5.69 Å². The predicted octanol–water partition coefficient (Wildman–Crippen LogP) is 4.38. The Morgan fingerprint density at radius 3 is 2.52 bits per heavy atom. The maximum Gasteiger partial charge on any atom is 0.284 e. The second-order valence-electron chi connectivity index (χ2n) is 8.17. The molecule has 0 aliphatic carbocycles. The van der Waals surface area contributed by atoms with Crippen molar-refractivity contribution in [2.75, 3.05) is 5.32 Å². The number of carbonyl (C=O) groups is 1. The van der Waals surface area contributed by atoms with Crippen molar-refractivity contribution in [3.63, 3.8) is 0 Å². The first-order valence-electron chi connectivity index (χ1n) is 11.2. The highest BCUT2D eigenvalue weighted by Gasteiger charge is 2.28. The predicted molar refractivity (Wildman–Crippen MR) is 130 cm³/mol. The van der Waals surface area contributed by atoms with E-state index in [4.69, 9.17) is 4.98 Å². The highest BCUT2D eigenvalue weighted by molar-refractivity contribution is 8.00. The molecule has 1 atom stereocenters. The maximum absolute atomic E-state index is 13.3. The summed E-state index contributed by atoms with van der Waals surface area (Å²) in [6, 6.07) is 18.8. The molecule has 0 spiro atoms. The maximum atomic E-state index is 13.3. The van der Waals surface area contributed by atoms with Gasteiger partial charge in [0.1, 0.15) is 5.56 Å². The standard InChI is InChI=1S/C25H25N5O2S/c1-17(23(31)26-18-11-5-2-6-12-18)33-25-27-22-21(20-15-9-4-10-16-29(20)25)24(32)30(28-22)19-13-7-3-8-14-19/h2-3,5-8,11-14,17H,4,9-10,15-16H2,1H3,(H,26,31)/t17-/m1/s1. The van der Waals surface area contributed by atoms with E-state index in [9.17, 15) is 9.59 Å². The fourth-order valence-electron chi connectivity index (χ4n) is 4.16. The normalized spacial score (nSPS) is 14.5. The van der Waals surface area contributed by atoms with Gasteiger partial charge in [-0.2, -0.15) is 4.68 Å². The van der Waals surface area contributed by atoms with Gasteiger partial charge in [0.05, 0.1) is 10.9 Å². The van der Waals surface area contributed by atoms with Crippen LogP contribution in [0.1, 0.15) is 31.9 Å². The van der Waals surface area contributed by atoms with Crippen molar-refractivity contribution in [1.29, 1.82) is 0 Å². The largest absolute Gasteiger partial charge is 0.325 e. The molecule has 7 nitrogen and oxygen atoms in total. The van der Waals surface area contributed by atoms with Gasteiger partial charge in [0.15, 0.2) is 11.0 Å². The van der Waals surface area contributed by atoms with Crippen molar-refractivity contribution < 1.29 is 4.79 Å². The van der Waals surface area contributed by atoms with Gasteiger partial charge in [-0.15, -0.1) is 5.10 Å². The average Bonchev–Trinajstić information content (AvgIpc) is 3.00. The third-order valence-electron chi connectivity index (χ3n) is 5.86. The molecule has 33 heavy (non-hydrogen) atoms. The minimum Gasteiger partial charge on any atom is -0.325 e. The lowest BCUT2D eigenvalue weighted by Crippen LogP contribution is -2.24. The Labute approximate surface area is 196 Å². The molecule has 0 aromatic heterocycles. The van der Waals surface area contributed by atoms with Crippen LogP contribution in [0, 0.1) is 0 Å². The molecule has 5 rings (SSSR count). The van der Waals surface area contributed by atoms with Crippen LogP contribution in [0.5, 0.6) is 0 Å². The fraction of sp³-hybridized carbons (Fsp3) is 0.280. The number of carbonyl (C=O) groups excluding carboxylic acids is 1. The highest BCUT2D eigenvalue weighted by atomic mass is 32.2. The van der Waals surface area contributed by atoms with Gasteiger partial charge < -0.3 is 9.88 Å². The molecule has 8 heteroatoms. The van der Waals surface area contributed by atoms with E-state index < -0.39 is 0 Å². The number of amides is 1. The molecule has 0 saturated carbocycles. The number of benzene rings is 2. The Morgan fingerprint density at radius 2 is 1.76 bits per heavy atom. The number of hydrogen-bond donors (Lipinski definition) is 1. The smallest absolute Gasteiger partial charge is 0.284 e. The van der Waals surface area contributed by atoms with E-state index in [1.807, 2.05) is 67.6 Å². The van der Waals surface area contributed by atoms with Crippen LogP contribution < -0.4 is 10.9 Å². The Balaban J connectivity index is 1.53. The van der Waals surface area contributed by atoms with Crippen LogP contribution in [0.3, 0.4) is 0 Å². The first-order chi connectivity index (χ1) is 16.1. The summed E-state index contributed by atoms with van der Waals surface area (Å²) in [5, 5.41) is 7.89. The molecule has 2 aromatic rings. The van der Waals surface area contributed by atoms with Crippen LogP contribution in [0.25, 0.3) is 17.1 Å². The number of anilines is 1. The number of thioether (sulfide) groups is 1. The Bertz CT molecular complexity index is 1300. The molecule has 0 unspecified atom stereocenters. The van der Waals surface area contributed by atoms with Gasteiger partial charge in [0.2, 0.25) is 5.91 Å². The van der Waals surface area contributed by atoms with Gasteiger partial charge in [-0.1, -0.05) is 54.6 Å². The third kappa shape index (κ3) is 4.30. The summed E-state index contributed by atoms with van der Waals surface area (Å²) < 4.78 is 3.56. The fourth-order valence-corrected chi connectivity index (χ4v) is 5.11. The number of hydrogen-bond acceptors (Lipinski definition) is 5. The zero-order valence-electron chi connectivity index (χ0n) is 18.4. The van der Waals surface area contributed by atoms with Crippen LogP contribution in [-0.4, -0.2) is 30.5 Å². The first-order valence-corrected chi connectivity index (χ1v) is 12.1. The molecule has 3 aliphatic rings. The molecule has 3 heterocycles. The van der Waals surface area contributed by atoms with Crippen molar-refractivity contribution >= 4 is 23.4 Å². The molecular formula is C25H25N5O2S. The van der Waals surface area contributed by atoms with Crippen molar-refractivity contribution in [3.8, 4) is 17.1 Å². The molecule has 3 aliphatic heterocycles. The first kappa shape index (κ1) is 21.5. The van der Waals surface area contributed by atoms with Gasteiger partial charge >= 0.3 is 0 Å². The van der Waals surface area contributed by atoms with Crippen molar-refractivity contribution in [2.24, 2.45) is 0 Å². The number of nitrogens with zero attached hydrogens (tertiary/aromatic N) is 4. The molecule has 0 fully saturated rings. The van der Waals surface area contributed by atoms with Crippen molar-refractivity contribution in [3.05, 3.63) is 76.7 Å². The van der Waals surface area contributed by atoms with Crippen molar-refractivity contribution in [1.82, 2.24) is 19.3 Å². The molecule has 1 amide bonds. The lowest BCUT2D eigenvalue weighted by atomic mass is 10.1. The Morgan fingerprint density at radius 1 is 1.03 bits per heavy atom. The Hall–Kier alpha value is -3.39. The van der Waals surface area contributed by atoms with Crippen LogP contribution in [0.2, 0.25) is 0 Å². The van der Waals surface area contributed by atoms with Crippen LogP contribution >= 0.6 is 11.8 Å². The molecule has 168 valence electrons. The molecule has 0 bridgehead atoms. The summed E-state index contributed by atoms with van der Waals surface area (Å²) in [7, 11) is 0. The van der Waals surface area contributed by atoms with Crippen LogP contribution in [0.15, 0.2) is 70.6 Å². The number of rotatable bonds is 5. The van der Waals surface area contributed by atoms with Crippen LogP contribution in [-0.2, 0) is 17.8 Å². The quantitative estimate of drug-likeness (QED) is 0.354. The minimum absolute atomic E-state index is 0.0876. The topological polar surface area (TPSA) is 81.8 Å². The second kappa shape index (κ2) is 9.23. The minimum atomic E-state index is -0.363. The summed E-state index contributed by atoms with van der Waals surface area (Å²) in [6.07, 6.45) is 3.93. The number of para-hydroxylation sites is 2. The van der Waals surface area contributed by atoms with Gasteiger partial charge in [-0.25, -0.2) is 4.98 Å². The average molecular weight is 460 g/mol. The molecular weight excluding hydrogens is 434 g/mol. The lowest BCUT2D eigenvalue weighted by Gasteiger charge is -2.19. The number of fused-ring (bicyclic) bond motifs is 3. The van der Waals surface area contributed by atoms with E-state index in [2.05, 4.69) is 15.0 Å². The van der Waals surface area contributed by atoms with Crippen molar-refractivity contribution in [2.45, 2.75) is 49.6 Å². The van der Waals surface area contributed by atoms with E-state index in [0.29, 0.717) is 11.4 Å². The molecule has 0 saturated heterocycles. The highest BCUT2D eigenvalue weighted by Crippen LogP contribution is 2.32. The van der Waals surface area contributed by atoms with E-state index in [1.165, 1.54) is 16.4 Å². The molecule has 0 radical (unpaired) electrons. The molecule has 2 aromatic carbocycles. The number of aromatic nitrogens is 4. The van der Waals surface area contributed by atoms with E-state index in [-0.39, 0.29) is 16.7 Å². The number of nitrogens with one attached hydrogen (secondary N) is 1. The van der Waals surface area contributed by atoms with E-state index in [0.717, 1.165) is 54.5 Å². The second-order valence-corrected chi connectivity index (χ2v) is 9.48. The van der Waals surface area contributed by atoms with E-state index in [1.54, 1.807) is 0 Å². The molecule has 1 N–H and O–H groups in total. The summed E-state index contributed by atoms with van der Waals surface area (Å²) in [5.74, 6) is 0.352. The van der Waals surface area contributed by atoms with E-state index >= 15 is 0 Å². The van der Waals surface area contributed by atoms with Gasteiger partial charge in [0.25, 0.3) is 5.56 Å². The SMILES string of the molecule is C[C@@H](Sc1nc2nn(-c3ccccc3)c(=O)c-2c2n1CCCCC2)C(=O)Nc1ccccc1. The monoisotopic (exact) mass is 459 g/mol. The summed E-state index contributed by atoms with van der Waals surface area (Å²) in [4.78, 5) is 30.9. The summed E-state index contributed by atoms with van der Waals surface area (Å²) in [5.41, 5.74) is 2.91. The third-order valence-corrected chi connectivity index (χ3v) is 6.95. The van der Waals surface area contributed by atoms with Gasteiger partial charge in [0, 0.05) is 17.9 Å². The summed E-state index contributed by atoms with van der Waals surface area (Å²) in [6.45, 7) is 2.66. The zero-order chi connectivity index (χ0) is 22.8. The van der Waals surface area contributed by atoms with Gasteiger partial charge in [-0.05, 0) is 50.5 Å².